The van der Waals surface area contributed by atoms with E-state index in [0.29, 0.717) is 5.56 Å². The van der Waals surface area contributed by atoms with Gasteiger partial charge in [0, 0.05) is 23.6 Å². The van der Waals surface area contributed by atoms with E-state index in [4.69, 9.17) is 0 Å². The third kappa shape index (κ3) is 2.76. The minimum atomic E-state index is -0.175. The lowest BCUT2D eigenvalue weighted by Gasteiger charge is -2.31. The molecular weight excluding hydrogens is 294 g/mol. The Morgan fingerprint density at radius 3 is 2.28 bits per heavy atom. The molecule has 0 saturated carbocycles. The molecule has 102 valence electrons. The number of rotatable bonds is 5. The third-order valence-electron chi connectivity index (χ3n) is 3.72. The Morgan fingerprint density at radius 2 is 1.94 bits per heavy atom. The first-order valence-electron chi connectivity index (χ1n) is 6.29. The smallest absolute Gasteiger partial charge is 0.255 e. The number of alkyl halides is 1. The van der Waals surface area contributed by atoms with E-state index in [-0.39, 0.29) is 11.4 Å². The summed E-state index contributed by atoms with van der Waals surface area (Å²) < 4.78 is 1.75. The lowest BCUT2D eigenvalue weighted by atomic mass is 9.95. The molecule has 5 heteroatoms. The molecule has 4 nitrogen and oxygen atoms in total. The Morgan fingerprint density at radius 1 is 1.39 bits per heavy atom. The predicted molar refractivity (Wildman–Crippen MR) is 77.3 cm³/mol. The number of nitrogens with zero attached hydrogens (tertiary/aromatic N) is 2. The zero-order valence-corrected chi connectivity index (χ0v) is 13.4. The monoisotopic (exact) mass is 315 g/mol. The number of aromatic nitrogens is 2. The van der Waals surface area contributed by atoms with Crippen LogP contribution in [-0.4, -0.2) is 26.6 Å². The van der Waals surface area contributed by atoms with Crippen LogP contribution in [0.1, 0.15) is 48.4 Å². The summed E-state index contributed by atoms with van der Waals surface area (Å²) in [5.74, 6) is -0.0266. The maximum absolute atomic E-state index is 12.4. The van der Waals surface area contributed by atoms with Gasteiger partial charge in [0.05, 0.1) is 11.3 Å². The van der Waals surface area contributed by atoms with E-state index in [0.717, 1.165) is 29.6 Å². The van der Waals surface area contributed by atoms with E-state index in [1.54, 1.807) is 4.68 Å². The van der Waals surface area contributed by atoms with Crippen LogP contribution in [0.25, 0.3) is 0 Å². The Kier molecular flexibility index (Phi) is 4.96. The van der Waals surface area contributed by atoms with E-state index in [1.165, 1.54) is 0 Å². The number of carbonyl (C=O) groups is 1. The molecular formula is C13H22BrN3O. The van der Waals surface area contributed by atoms with Gasteiger partial charge in [0.25, 0.3) is 5.91 Å². The molecule has 1 rings (SSSR count). The molecule has 0 saturated heterocycles. The van der Waals surface area contributed by atoms with E-state index in [9.17, 15) is 4.79 Å². The summed E-state index contributed by atoms with van der Waals surface area (Å²) >= 11 is 3.50. The summed E-state index contributed by atoms with van der Waals surface area (Å²) in [6, 6.07) is 0. The van der Waals surface area contributed by atoms with Gasteiger partial charge in [-0.2, -0.15) is 5.10 Å². The average Bonchev–Trinajstić information content (AvgIpc) is 2.60. The summed E-state index contributed by atoms with van der Waals surface area (Å²) in [5, 5.41) is 8.20. The van der Waals surface area contributed by atoms with E-state index >= 15 is 0 Å². The highest BCUT2D eigenvalue weighted by Crippen LogP contribution is 2.20. The van der Waals surface area contributed by atoms with Crippen LogP contribution in [0.5, 0.6) is 0 Å². The SMILES string of the molecule is CCC(CC)(CBr)NC(=O)c1c(C)nn(C)c1C. The van der Waals surface area contributed by atoms with E-state index < -0.39 is 0 Å². The highest BCUT2D eigenvalue weighted by atomic mass is 79.9. The highest BCUT2D eigenvalue weighted by Gasteiger charge is 2.29. The van der Waals surface area contributed by atoms with Gasteiger partial charge in [-0.05, 0) is 26.7 Å². The van der Waals surface area contributed by atoms with Crippen molar-refractivity contribution in [3.8, 4) is 0 Å². The second kappa shape index (κ2) is 5.87. The molecule has 0 spiro atoms. The van der Waals surface area contributed by atoms with Crippen LogP contribution in [-0.2, 0) is 7.05 Å². The van der Waals surface area contributed by atoms with E-state index in [1.807, 2.05) is 20.9 Å². The lowest BCUT2D eigenvalue weighted by Crippen LogP contribution is -2.49. The quantitative estimate of drug-likeness (QED) is 0.849. The summed E-state index contributed by atoms with van der Waals surface area (Å²) in [7, 11) is 1.86. The van der Waals surface area contributed by atoms with Crippen molar-refractivity contribution in [3.05, 3.63) is 17.0 Å². The van der Waals surface area contributed by atoms with Gasteiger partial charge in [-0.25, -0.2) is 0 Å². The molecule has 1 N–H and O–H groups in total. The van der Waals surface area contributed by atoms with Crippen molar-refractivity contribution in [3.63, 3.8) is 0 Å². The maximum Gasteiger partial charge on any atom is 0.255 e. The van der Waals surface area contributed by atoms with Crippen molar-refractivity contribution in [2.45, 2.75) is 46.1 Å². The normalized spacial score (nSPS) is 11.7. The minimum absolute atomic E-state index is 0.0266. The molecule has 0 atom stereocenters. The topological polar surface area (TPSA) is 46.9 Å². The van der Waals surface area contributed by atoms with Gasteiger partial charge >= 0.3 is 0 Å². The van der Waals surface area contributed by atoms with E-state index in [2.05, 4.69) is 40.2 Å². The fourth-order valence-corrected chi connectivity index (χ4v) is 2.99. The van der Waals surface area contributed by atoms with Crippen molar-refractivity contribution in [2.24, 2.45) is 7.05 Å². The molecule has 1 aromatic heterocycles. The number of amides is 1. The van der Waals surface area contributed by atoms with Gasteiger partial charge in [0.2, 0.25) is 0 Å². The number of halogens is 1. The predicted octanol–water partition coefficient (Wildman–Crippen LogP) is 2.72. The zero-order chi connectivity index (χ0) is 13.9. The number of nitrogens with one attached hydrogen (secondary N) is 1. The average molecular weight is 316 g/mol. The number of hydrogen-bond acceptors (Lipinski definition) is 2. The zero-order valence-electron chi connectivity index (χ0n) is 11.8. The lowest BCUT2D eigenvalue weighted by molar-refractivity contribution is 0.0902. The Labute approximate surface area is 117 Å². The first kappa shape index (κ1) is 15.2. The molecule has 0 aliphatic heterocycles. The van der Waals surface area contributed by atoms with Crippen LogP contribution >= 0.6 is 15.9 Å². The fraction of sp³-hybridized carbons (Fsp3) is 0.692. The van der Waals surface area contributed by atoms with Crippen LogP contribution in [0.3, 0.4) is 0 Å². The summed E-state index contributed by atoms with van der Waals surface area (Å²) in [6.07, 6.45) is 1.80. The molecule has 0 aromatic carbocycles. The van der Waals surface area contributed by atoms with Crippen LogP contribution in [0.2, 0.25) is 0 Å². The Balaban J connectivity index is 3.01. The number of carbonyl (C=O) groups excluding carboxylic acids is 1. The molecule has 1 aromatic rings. The van der Waals surface area contributed by atoms with Crippen molar-refractivity contribution < 1.29 is 4.79 Å². The second-order valence-electron chi connectivity index (χ2n) is 4.74. The Hall–Kier alpha value is -0.840. The second-order valence-corrected chi connectivity index (χ2v) is 5.31. The molecule has 0 unspecified atom stereocenters. The molecule has 0 aliphatic rings. The van der Waals surface area contributed by atoms with Crippen molar-refractivity contribution in [1.82, 2.24) is 15.1 Å². The summed E-state index contributed by atoms with van der Waals surface area (Å²) in [5.41, 5.74) is 2.21. The van der Waals surface area contributed by atoms with Crippen molar-refractivity contribution >= 4 is 21.8 Å². The van der Waals surface area contributed by atoms with Gasteiger partial charge < -0.3 is 5.32 Å². The minimum Gasteiger partial charge on any atom is -0.346 e. The molecule has 18 heavy (non-hydrogen) atoms. The maximum atomic E-state index is 12.4. The van der Waals surface area contributed by atoms with Gasteiger partial charge in [0.1, 0.15) is 0 Å². The van der Waals surface area contributed by atoms with Crippen LogP contribution in [0, 0.1) is 13.8 Å². The molecule has 0 bridgehead atoms. The van der Waals surface area contributed by atoms with Crippen LogP contribution in [0.15, 0.2) is 0 Å². The molecule has 1 amide bonds. The van der Waals surface area contributed by atoms with Gasteiger partial charge in [-0.1, -0.05) is 29.8 Å². The van der Waals surface area contributed by atoms with Crippen molar-refractivity contribution in [2.75, 3.05) is 5.33 Å². The number of aryl methyl sites for hydroxylation is 2. The molecule has 1 heterocycles. The van der Waals surface area contributed by atoms with Gasteiger partial charge in [0.15, 0.2) is 0 Å². The molecule has 0 radical (unpaired) electrons. The Bertz CT molecular complexity index is 427. The summed E-state index contributed by atoms with van der Waals surface area (Å²) in [6.45, 7) is 7.97. The fourth-order valence-electron chi connectivity index (χ4n) is 2.05. The number of hydrogen-bond donors (Lipinski definition) is 1. The first-order valence-corrected chi connectivity index (χ1v) is 7.41. The summed E-state index contributed by atoms with van der Waals surface area (Å²) in [4.78, 5) is 12.4. The van der Waals surface area contributed by atoms with Gasteiger partial charge in [-0.3, -0.25) is 9.48 Å². The molecule has 0 fully saturated rings. The first-order chi connectivity index (χ1) is 8.40. The third-order valence-corrected chi connectivity index (χ3v) is 4.80. The van der Waals surface area contributed by atoms with Gasteiger partial charge in [-0.15, -0.1) is 0 Å². The largest absolute Gasteiger partial charge is 0.346 e. The highest BCUT2D eigenvalue weighted by molar-refractivity contribution is 9.09. The van der Waals surface area contributed by atoms with Crippen LogP contribution in [0.4, 0.5) is 0 Å². The van der Waals surface area contributed by atoms with Crippen LogP contribution < -0.4 is 5.32 Å². The van der Waals surface area contributed by atoms with Crippen molar-refractivity contribution in [1.29, 1.82) is 0 Å². The standard InChI is InChI=1S/C13H22BrN3O/c1-6-13(7-2,8-14)15-12(18)11-9(3)16-17(5)10(11)4/h6-8H2,1-5H3,(H,15,18). The molecule has 0 aliphatic carbocycles.